The van der Waals surface area contributed by atoms with E-state index in [4.69, 9.17) is 0 Å². The molecule has 1 heterocycles. The van der Waals surface area contributed by atoms with Crippen LogP contribution in [0.2, 0.25) is 0 Å². The molecule has 1 rings (SSSR count). The number of hydrogen-bond donors (Lipinski definition) is 0. The Morgan fingerprint density at radius 1 is 1.00 bits per heavy atom. The molecule has 0 aromatic rings. The first-order valence-electron chi connectivity index (χ1n) is 8.52. The first-order chi connectivity index (χ1) is 9.27. The normalized spacial score (nSPS) is 16.8. The summed E-state index contributed by atoms with van der Waals surface area (Å²) in [7, 11) is 2.20. The van der Waals surface area contributed by atoms with Gasteiger partial charge < -0.3 is 4.90 Å². The minimum absolute atomic E-state index is 0.878. The average Bonchev–Trinajstić information content (AvgIpc) is 2.80. The highest BCUT2D eigenvalue weighted by Crippen LogP contribution is 2.23. The maximum atomic E-state index is 4.67. The van der Waals surface area contributed by atoms with Crippen molar-refractivity contribution in [3.8, 4) is 0 Å². The molecule has 2 nitrogen and oxygen atoms in total. The summed E-state index contributed by atoms with van der Waals surface area (Å²) >= 11 is 0. The van der Waals surface area contributed by atoms with Gasteiger partial charge in [0.05, 0.1) is 12.4 Å². The van der Waals surface area contributed by atoms with Gasteiger partial charge in [-0.25, -0.2) is 0 Å². The summed E-state index contributed by atoms with van der Waals surface area (Å²) in [5, 5.41) is 0. The molecule has 0 amide bonds. The molecule has 0 N–H and O–H groups in total. The van der Waals surface area contributed by atoms with Crippen LogP contribution in [-0.2, 0) is 0 Å². The van der Waals surface area contributed by atoms with Crippen LogP contribution >= 0.6 is 0 Å². The van der Waals surface area contributed by atoms with Crippen LogP contribution in [0.5, 0.6) is 0 Å². The molecule has 19 heavy (non-hydrogen) atoms. The maximum absolute atomic E-state index is 4.67. The molecule has 112 valence electrons. The number of nitrogens with zero attached hydrogens (tertiary/aromatic N) is 2. The fraction of sp³-hybridized carbons (Fsp3) is 0.941. The van der Waals surface area contributed by atoms with E-state index in [0.717, 1.165) is 19.0 Å². The number of unbranched alkanes of at least 4 members (excludes halogenated alkanes) is 5. The van der Waals surface area contributed by atoms with E-state index < -0.39 is 0 Å². The molecule has 0 fully saturated rings. The van der Waals surface area contributed by atoms with Gasteiger partial charge in [0.1, 0.15) is 0 Å². The number of amidine groups is 1. The Bertz CT molecular complexity index is 248. The fourth-order valence-electron chi connectivity index (χ4n) is 2.95. The van der Waals surface area contributed by atoms with Gasteiger partial charge in [0.15, 0.2) is 0 Å². The third-order valence-corrected chi connectivity index (χ3v) is 4.32. The third kappa shape index (κ3) is 6.98. The number of hydrogen-bond acceptors (Lipinski definition) is 2. The Kier molecular flexibility index (Phi) is 8.94. The van der Waals surface area contributed by atoms with Gasteiger partial charge >= 0.3 is 0 Å². The molecule has 0 spiro atoms. The molecule has 1 aliphatic rings. The van der Waals surface area contributed by atoms with Crippen LogP contribution in [0.4, 0.5) is 0 Å². The van der Waals surface area contributed by atoms with Gasteiger partial charge in [0.25, 0.3) is 0 Å². The second kappa shape index (κ2) is 10.3. The monoisotopic (exact) mass is 266 g/mol. The van der Waals surface area contributed by atoms with E-state index in [1.165, 1.54) is 70.0 Å². The van der Waals surface area contributed by atoms with Gasteiger partial charge in [-0.05, 0) is 5.92 Å². The van der Waals surface area contributed by atoms with Crippen molar-refractivity contribution in [3.63, 3.8) is 0 Å². The summed E-state index contributed by atoms with van der Waals surface area (Å²) in [6, 6.07) is 0. The predicted octanol–water partition coefficient (Wildman–Crippen LogP) is 4.89. The van der Waals surface area contributed by atoms with Crippen molar-refractivity contribution in [2.45, 2.75) is 78.1 Å². The second-order valence-electron chi connectivity index (χ2n) is 6.13. The molecule has 1 aliphatic heterocycles. The van der Waals surface area contributed by atoms with E-state index in [0.29, 0.717) is 0 Å². The van der Waals surface area contributed by atoms with E-state index in [9.17, 15) is 0 Å². The summed E-state index contributed by atoms with van der Waals surface area (Å²) in [6.45, 7) is 6.74. The largest absolute Gasteiger partial charge is 0.362 e. The van der Waals surface area contributed by atoms with Gasteiger partial charge in [-0.1, -0.05) is 71.6 Å². The molecule has 0 aromatic carbocycles. The number of aliphatic imine (C=N–C) groups is 1. The molecule has 0 saturated heterocycles. The lowest BCUT2D eigenvalue weighted by molar-refractivity contribution is 0.406. The molecular weight excluding hydrogens is 232 g/mol. The summed E-state index contributed by atoms with van der Waals surface area (Å²) in [4.78, 5) is 7.03. The van der Waals surface area contributed by atoms with Crippen LogP contribution in [0, 0.1) is 5.92 Å². The van der Waals surface area contributed by atoms with E-state index in [1.807, 2.05) is 0 Å². The van der Waals surface area contributed by atoms with Gasteiger partial charge in [-0.3, -0.25) is 4.99 Å². The topological polar surface area (TPSA) is 15.6 Å². The highest BCUT2D eigenvalue weighted by Gasteiger charge is 2.17. The van der Waals surface area contributed by atoms with Crippen molar-refractivity contribution in [2.75, 3.05) is 20.1 Å². The van der Waals surface area contributed by atoms with Crippen molar-refractivity contribution in [2.24, 2.45) is 10.9 Å². The van der Waals surface area contributed by atoms with Gasteiger partial charge in [0, 0.05) is 20.0 Å². The zero-order chi connectivity index (χ0) is 13.9. The Labute approximate surface area is 120 Å². The summed E-state index contributed by atoms with van der Waals surface area (Å²) in [5.74, 6) is 2.25. The highest BCUT2D eigenvalue weighted by molar-refractivity contribution is 5.83. The molecule has 0 saturated carbocycles. The summed E-state index contributed by atoms with van der Waals surface area (Å²) in [5.41, 5.74) is 0. The SMILES string of the molecule is CCCCCCC(CCCCC)CC1=NCCN1C. The van der Waals surface area contributed by atoms with Crippen molar-refractivity contribution >= 4 is 5.84 Å². The van der Waals surface area contributed by atoms with Crippen LogP contribution in [0.1, 0.15) is 78.1 Å². The van der Waals surface area contributed by atoms with Crippen LogP contribution in [-0.4, -0.2) is 30.9 Å². The average molecular weight is 266 g/mol. The Hall–Kier alpha value is -0.530. The minimum Gasteiger partial charge on any atom is -0.362 e. The van der Waals surface area contributed by atoms with Crippen molar-refractivity contribution in [3.05, 3.63) is 0 Å². The number of likely N-dealkylation sites (N-methyl/N-ethyl adjacent to an activating group) is 1. The Morgan fingerprint density at radius 2 is 1.63 bits per heavy atom. The molecule has 0 bridgehead atoms. The van der Waals surface area contributed by atoms with Crippen molar-refractivity contribution in [1.82, 2.24) is 4.90 Å². The quantitative estimate of drug-likeness (QED) is 0.486. The van der Waals surface area contributed by atoms with Gasteiger partial charge in [0.2, 0.25) is 0 Å². The van der Waals surface area contributed by atoms with E-state index in [1.54, 1.807) is 0 Å². The lowest BCUT2D eigenvalue weighted by Crippen LogP contribution is -2.25. The zero-order valence-corrected chi connectivity index (χ0v) is 13.5. The summed E-state index contributed by atoms with van der Waals surface area (Å²) in [6.07, 6.45) is 13.8. The van der Waals surface area contributed by atoms with Crippen molar-refractivity contribution in [1.29, 1.82) is 0 Å². The first kappa shape index (κ1) is 16.5. The highest BCUT2D eigenvalue weighted by atomic mass is 15.2. The summed E-state index contributed by atoms with van der Waals surface area (Å²) < 4.78 is 0. The molecular formula is C17H34N2. The van der Waals surface area contributed by atoms with Gasteiger partial charge in [-0.2, -0.15) is 0 Å². The standard InChI is InChI=1S/C17H34N2/c1-4-6-8-10-12-16(11-9-7-5-2)15-17-18-13-14-19(17)3/h16H,4-15H2,1-3H3. The lowest BCUT2D eigenvalue weighted by Gasteiger charge is -2.21. The Morgan fingerprint density at radius 3 is 2.21 bits per heavy atom. The van der Waals surface area contributed by atoms with Crippen LogP contribution in [0.25, 0.3) is 0 Å². The van der Waals surface area contributed by atoms with Crippen LogP contribution in [0.3, 0.4) is 0 Å². The molecule has 0 aromatic heterocycles. The van der Waals surface area contributed by atoms with Crippen LogP contribution < -0.4 is 0 Å². The lowest BCUT2D eigenvalue weighted by atomic mass is 9.91. The third-order valence-electron chi connectivity index (χ3n) is 4.32. The van der Waals surface area contributed by atoms with Gasteiger partial charge in [-0.15, -0.1) is 0 Å². The van der Waals surface area contributed by atoms with E-state index in [2.05, 4.69) is 30.8 Å². The minimum atomic E-state index is 0.878. The molecule has 1 unspecified atom stereocenters. The number of rotatable bonds is 11. The van der Waals surface area contributed by atoms with Crippen LogP contribution in [0.15, 0.2) is 4.99 Å². The maximum Gasteiger partial charge on any atom is 0.0990 e. The smallest absolute Gasteiger partial charge is 0.0990 e. The van der Waals surface area contributed by atoms with Crippen molar-refractivity contribution < 1.29 is 0 Å². The molecule has 2 heteroatoms. The fourth-order valence-corrected chi connectivity index (χ4v) is 2.95. The molecule has 0 radical (unpaired) electrons. The Balaban J connectivity index is 2.30. The molecule has 0 aliphatic carbocycles. The predicted molar refractivity (Wildman–Crippen MR) is 85.9 cm³/mol. The van der Waals surface area contributed by atoms with E-state index >= 15 is 0 Å². The second-order valence-corrected chi connectivity index (χ2v) is 6.13. The zero-order valence-electron chi connectivity index (χ0n) is 13.5. The first-order valence-corrected chi connectivity index (χ1v) is 8.52. The van der Waals surface area contributed by atoms with E-state index in [-0.39, 0.29) is 0 Å². The molecule has 1 atom stereocenters.